The van der Waals surface area contributed by atoms with Crippen LogP contribution in [0, 0.1) is 6.92 Å². The zero-order valence-corrected chi connectivity index (χ0v) is 21.6. The molecule has 1 N–H and O–H groups in total. The van der Waals surface area contributed by atoms with Crippen molar-refractivity contribution >= 4 is 28.2 Å². The number of nitrogens with one attached hydrogen (secondary N) is 1. The van der Waals surface area contributed by atoms with Crippen LogP contribution in [0.2, 0.25) is 0 Å². The van der Waals surface area contributed by atoms with Crippen molar-refractivity contribution in [2.24, 2.45) is 0 Å². The summed E-state index contributed by atoms with van der Waals surface area (Å²) in [5.74, 6) is 0.685. The van der Waals surface area contributed by atoms with Gasteiger partial charge in [-0.3, -0.25) is 4.79 Å². The number of aryl methyl sites for hydroxylation is 2. The molecule has 0 aliphatic carbocycles. The van der Waals surface area contributed by atoms with Crippen molar-refractivity contribution in [1.82, 2.24) is 0 Å². The predicted molar refractivity (Wildman–Crippen MR) is 148 cm³/mol. The first-order chi connectivity index (χ1) is 17.9. The molecule has 0 bridgehead atoms. The van der Waals surface area contributed by atoms with E-state index < -0.39 is 0 Å². The molecule has 4 aromatic carbocycles. The predicted octanol–water partition coefficient (Wildman–Crippen LogP) is 7.08. The second-order valence-electron chi connectivity index (χ2n) is 9.20. The highest BCUT2D eigenvalue weighted by Gasteiger charge is 2.17. The molecule has 1 unspecified atom stereocenters. The van der Waals surface area contributed by atoms with E-state index in [4.69, 9.17) is 9.47 Å². The van der Waals surface area contributed by atoms with Crippen molar-refractivity contribution in [3.8, 4) is 5.75 Å². The third kappa shape index (κ3) is 6.98. The van der Waals surface area contributed by atoms with E-state index in [0.717, 1.165) is 38.9 Å². The minimum Gasteiger partial charge on any atom is -0.497 e. The second kappa shape index (κ2) is 12.2. The molecule has 0 heterocycles. The van der Waals surface area contributed by atoms with Crippen molar-refractivity contribution in [2.45, 2.75) is 39.2 Å². The molecular weight excluding hydrogens is 462 g/mol. The molecule has 4 rings (SSSR count). The molecule has 0 amide bonds. The maximum atomic E-state index is 13.1. The Morgan fingerprint density at radius 2 is 1.65 bits per heavy atom. The molecule has 0 aliphatic heterocycles. The number of benzene rings is 4. The van der Waals surface area contributed by atoms with Crippen LogP contribution in [0.1, 0.15) is 52.9 Å². The van der Waals surface area contributed by atoms with Crippen molar-refractivity contribution in [2.75, 3.05) is 19.0 Å². The summed E-state index contributed by atoms with van der Waals surface area (Å²) in [5, 5.41) is 5.75. The van der Waals surface area contributed by atoms with Gasteiger partial charge in [-0.05, 0) is 78.6 Å². The first-order valence-electron chi connectivity index (χ1n) is 12.6. The molecule has 190 valence electrons. The van der Waals surface area contributed by atoms with Crippen LogP contribution in [-0.2, 0) is 16.0 Å². The zero-order valence-electron chi connectivity index (χ0n) is 21.6. The van der Waals surface area contributed by atoms with Crippen LogP contribution in [0.5, 0.6) is 5.75 Å². The third-order valence-corrected chi connectivity index (χ3v) is 6.42. The fraction of sp³-hybridized carbons (Fsp3) is 0.250. The van der Waals surface area contributed by atoms with E-state index in [1.807, 2.05) is 55.5 Å². The first-order valence-corrected chi connectivity index (χ1v) is 12.6. The van der Waals surface area contributed by atoms with E-state index in [-0.39, 0.29) is 17.8 Å². The molecule has 0 spiro atoms. The number of methoxy groups -OCH3 is 1. The number of carbonyl (C=O) groups excluding carboxylic acids is 2. The van der Waals surface area contributed by atoms with Gasteiger partial charge in [0.15, 0.2) is 0 Å². The molecule has 37 heavy (non-hydrogen) atoms. The summed E-state index contributed by atoms with van der Waals surface area (Å²) < 4.78 is 10.4. The SMILES string of the molecule is CCOC(=O)c1ccc(NC(CC(=O)CCc2ccc3cc(OC)ccc3c2)c2cccc(C)c2)cc1. The van der Waals surface area contributed by atoms with Gasteiger partial charge >= 0.3 is 5.97 Å². The number of hydrogen-bond acceptors (Lipinski definition) is 5. The minimum atomic E-state index is -0.340. The van der Waals surface area contributed by atoms with Gasteiger partial charge < -0.3 is 14.8 Å². The van der Waals surface area contributed by atoms with E-state index in [1.54, 1.807) is 26.2 Å². The van der Waals surface area contributed by atoms with Gasteiger partial charge in [-0.1, -0.05) is 54.1 Å². The van der Waals surface area contributed by atoms with Crippen LogP contribution >= 0.6 is 0 Å². The number of ether oxygens (including phenoxy) is 2. The summed E-state index contributed by atoms with van der Waals surface area (Å²) in [6.07, 6.45) is 1.52. The number of Topliss-reactive ketones (excluding diaryl/α,β-unsaturated/α-hetero) is 1. The van der Waals surface area contributed by atoms with Crippen LogP contribution in [0.3, 0.4) is 0 Å². The summed E-state index contributed by atoms with van der Waals surface area (Å²) in [5.41, 5.74) is 4.69. The number of rotatable bonds is 11. The number of ketones is 1. The third-order valence-electron chi connectivity index (χ3n) is 6.42. The van der Waals surface area contributed by atoms with Gasteiger partial charge in [0.2, 0.25) is 0 Å². The Balaban J connectivity index is 1.44. The van der Waals surface area contributed by atoms with Crippen molar-refractivity contribution in [1.29, 1.82) is 0 Å². The first kappa shape index (κ1) is 26.0. The normalized spacial score (nSPS) is 11.6. The van der Waals surface area contributed by atoms with Gasteiger partial charge in [0, 0.05) is 18.5 Å². The molecule has 0 radical (unpaired) electrons. The smallest absolute Gasteiger partial charge is 0.338 e. The van der Waals surface area contributed by atoms with E-state index in [9.17, 15) is 9.59 Å². The van der Waals surface area contributed by atoms with E-state index in [2.05, 4.69) is 29.6 Å². The molecule has 0 fully saturated rings. The van der Waals surface area contributed by atoms with Crippen LogP contribution in [0.15, 0.2) is 84.9 Å². The molecule has 0 saturated carbocycles. The monoisotopic (exact) mass is 495 g/mol. The van der Waals surface area contributed by atoms with Gasteiger partial charge in [-0.25, -0.2) is 4.79 Å². The Hall–Kier alpha value is -4.12. The largest absolute Gasteiger partial charge is 0.497 e. The molecule has 1 atom stereocenters. The topological polar surface area (TPSA) is 64.6 Å². The maximum Gasteiger partial charge on any atom is 0.338 e. The van der Waals surface area contributed by atoms with Crippen LogP contribution in [0.4, 0.5) is 5.69 Å². The Labute approximate surface area is 218 Å². The summed E-state index contributed by atoms with van der Waals surface area (Å²) in [6, 6.07) is 27.5. The fourth-order valence-corrected chi connectivity index (χ4v) is 4.43. The molecule has 5 nitrogen and oxygen atoms in total. The Bertz CT molecular complexity index is 1380. The van der Waals surface area contributed by atoms with Gasteiger partial charge in [-0.15, -0.1) is 0 Å². The number of anilines is 1. The average molecular weight is 496 g/mol. The van der Waals surface area contributed by atoms with E-state index in [1.165, 1.54) is 0 Å². The van der Waals surface area contributed by atoms with Crippen molar-refractivity contribution in [3.05, 3.63) is 107 Å². The van der Waals surface area contributed by atoms with E-state index in [0.29, 0.717) is 31.4 Å². The Kier molecular flexibility index (Phi) is 8.57. The summed E-state index contributed by atoms with van der Waals surface area (Å²) in [7, 11) is 1.67. The lowest BCUT2D eigenvalue weighted by Crippen LogP contribution is -2.16. The molecule has 4 aromatic rings. The van der Waals surface area contributed by atoms with Crippen LogP contribution < -0.4 is 10.1 Å². The number of carbonyl (C=O) groups is 2. The Morgan fingerprint density at radius 3 is 2.38 bits per heavy atom. The zero-order chi connectivity index (χ0) is 26.2. The lowest BCUT2D eigenvalue weighted by Gasteiger charge is -2.21. The van der Waals surface area contributed by atoms with Gasteiger partial charge in [-0.2, -0.15) is 0 Å². The Morgan fingerprint density at radius 1 is 0.892 bits per heavy atom. The van der Waals surface area contributed by atoms with Crippen LogP contribution in [-0.4, -0.2) is 25.5 Å². The van der Waals surface area contributed by atoms with Gasteiger partial charge in [0.05, 0.1) is 25.3 Å². The van der Waals surface area contributed by atoms with Crippen LogP contribution in [0.25, 0.3) is 10.8 Å². The summed E-state index contributed by atoms with van der Waals surface area (Å²) >= 11 is 0. The quantitative estimate of drug-likeness (QED) is 0.225. The standard InChI is InChI=1S/C32H33NO4/c1-4-37-32(35)24-11-14-28(15-12-24)33-31(27-7-5-6-22(2)18-27)21-29(34)16-9-23-8-10-26-20-30(36-3)17-13-25(26)19-23/h5-8,10-15,17-20,31,33H,4,9,16,21H2,1-3H3. The lowest BCUT2D eigenvalue weighted by atomic mass is 9.96. The van der Waals surface area contributed by atoms with E-state index >= 15 is 0 Å². The highest BCUT2D eigenvalue weighted by Crippen LogP contribution is 2.26. The molecule has 0 aliphatic rings. The van der Waals surface area contributed by atoms with Gasteiger partial charge in [0.25, 0.3) is 0 Å². The van der Waals surface area contributed by atoms with Crippen molar-refractivity contribution < 1.29 is 19.1 Å². The highest BCUT2D eigenvalue weighted by atomic mass is 16.5. The number of esters is 1. The second-order valence-corrected chi connectivity index (χ2v) is 9.20. The summed E-state index contributed by atoms with van der Waals surface area (Å²) in [4.78, 5) is 25.1. The summed E-state index contributed by atoms with van der Waals surface area (Å²) in [6.45, 7) is 4.17. The number of fused-ring (bicyclic) bond motifs is 1. The molecule has 0 saturated heterocycles. The highest BCUT2D eigenvalue weighted by molar-refractivity contribution is 5.90. The average Bonchev–Trinajstić information content (AvgIpc) is 2.91. The minimum absolute atomic E-state index is 0.176. The molecule has 5 heteroatoms. The lowest BCUT2D eigenvalue weighted by molar-refractivity contribution is -0.119. The fourth-order valence-electron chi connectivity index (χ4n) is 4.43. The molecule has 0 aromatic heterocycles. The van der Waals surface area contributed by atoms with Crippen molar-refractivity contribution in [3.63, 3.8) is 0 Å². The van der Waals surface area contributed by atoms with Gasteiger partial charge in [0.1, 0.15) is 11.5 Å². The number of hydrogen-bond donors (Lipinski definition) is 1. The maximum absolute atomic E-state index is 13.1. The molecular formula is C32H33NO4.